The topological polar surface area (TPSA) is 77.5 Å². The summed E-state index contributed by atoms with van der Waals surface area (Å²) in [4.78, 5) is 4.43. The molecule has 0 aliphatic carbocycles. The number of fused-ring (bicyclic) bond motifs is 1. The first kappa shape index (κ1) is 24.0. The number of nitrogens with one attached hydrogen (secondary N) is 1. The highest BCUT2D eigenvalue weighted by Gasteiger charge is 2.41. The van der Waals surface area contributed by atoms with Gasteiger partial charge in [-0.15, -0.1) is 11.3 Å². The minimum absolute atomic E-state index is 0.00558. The molecular formula is C28H24N2O4S2. The third-order valence-electron chi connectivity index (χ3n) is 6.04. The lowest BCUT2D eigenvalue weighted by Gasteiger charge is -2.36. The van der Waals surface area contributed by atoms with E-state index in [0.717, 1.165) is 32.7 Å². The normalized spacial score (nSPS) is 11.9. The van der Waals surface area contributed by atoms with Crippen LogP contribution in [0.4, 0.5) is 0 Å². The van der Waals surface area contributed by atoms with Crippen molar-refractivity contribution in [1.29, 1.82) is 0 Å². The van der Waals surface area contributed by atoms with Gasteiger partial charge in [-0.1, -0.05) is 66.7 Å². The molecule has 0 aliphatic heterocycles. The number of para-hydroxylation sites is 1. The minimum atomic E-state index is -4.06. The van der Waals surface area contributed by atoms with Gasteiger partial charge in [0.1, 0.15) is 17.0 Å². The first-order valence-corrected chi connectivity index (χ1v) is 13.5. The summed E-state index contributed by atoms with van der Waals surface area (Å²) >= 11 is 1.14. The summed E-state index contributed by atoms with van der Waals surface area (Å²) in [7, 11) is -0.869. The van der Waals surface area contributed by atoms with E-state index in [4.69, 9.17) is 9.47 Å². The van der Waals surface area contributed by atoms with E-state index in [1.165, 1.54) is 0 Å². The molecule has 0 saturated carbocycles. The van der Waals surface area contributed by atoms with Gasteiger partial charge in [0.05, 0.1) is 24.4 Å². The average Bonchev–Trinajstić information content (AvgIpc) is 3.38. The van der Waals surface area contributed by atoms with Gasteiger partial charge >= 0.3 is 0 Å². The maximum atomic E-state index is 14.0. The van der Waals surface area contributed by atoms with Gasteiger partial charge in [0, 0.05) is 0 Å². The Balaban J connectivity index is 1.76. The fraction of sp³-hybridized carbons (Fsp3) is 0.107. The van der Waals surface area contributed by atoms with E-state index in [9.17, 15) is 8.42 Å². The van der Waals surface area contributed by atoms with Crippen LogP contribution in [0, 0.1) is 0 Å². The van der Waals surface area contributed by atoms with Crippen molar-refractivity contribution in [2.75, 3.05) is 14.2 Å². The van der Waals surface area contributed by atoms with E-state index in [0.29, 0.717) is 17.0 Å². The van der Waals surface area contributed by atoms with E-state index in [1.807, 2.05) is 103 Å². The Morgan fingerprint density at radius 1 is 0.694 bits per heavy atom. The van der Waals surface area contributed by atoms with Crippen LogP contribution in [0.2, 0.25) is 0 Å². The van der Waals surface area contributed by atoms with E-state index in [2.05, 4.69) is 9.71 Å². The maximum absolute atomic E-state index is 14.0. The number of hydrogen-bond acceptors (Lipinski definition) is 6. The van der Waals surface area contributed by atoms with Gasteiger partial charge in [0.15, 0.2) is 0 Å². The summed E-state index contributed by atoms with van der Waals surface area (Å²) in [5.74, 6) is 1.34. The monoisotopic (exact) mass is 516 g/mol. The van der Waals surface area contributed by atoms with Crippen molar-refractivity contribution < 1.29 is 17.9 Å². The van der Waals surface area contributed by atoms with Crippen molar-refractivity contribution in [3.63, 3.8) is 0 Å². The molecule has 0 saturated heterocycles. The molecule has 5 aromatic rings. The average molecular weight is 517 g/mol. The Kier molecular flexibility index (Phi) is 6.49. The molecule has 5 rings (SSSR count). The second kappa shape index (κ2) is 9.73. The molecule has 0 bridgehead atoms. The fourth-order valence-electron chi connectivity index (χ4n) is 4.26. The van der Waals surface area contributed by atoms with Crippen LogP contribution in [0.5, 0.6) is 11.5 Å². The predicted octanol–water partition coefficient (Wildman–Crippen LogP) is 5.58. The van der Waals surface area contributed by atoms with E-state index in [-0.39, 0.29) is 4.34 Å². The Morgan fingerprint density at radius 2 is 1.19 bits per heavy atom. The lowest BCUT2D eigenvalue weighted by atomic mass is 9.78. The van der Waals surface area contributed by atoms with Gasteiger partial charge in [-0.05, 0) is 53.1 Å². The minimum Gasteiger partial charge on any atom is -0.497 e. The van der Waals surface area contributed by atoms with Gasteiger partial charge < -0.3 is 9.47 Å². The smallest absolute Gasteiger partial charge is 0.269 e. The predicted molar refractivity (Wildman–Crippen MR) is 142 cm³/mol. The van der Waals surface area contributed by atoms with Crippen molar-refractivity contribution in [1.82, 2.24) is 9.71 Å². The Bertz CT molecular complexity index is 1500. The zero-order valence-electron chi connectivity index (χ0n) is 19.7. The van der Waals surface area contributed by atoms with Crippen LogP contribution in [0.25, 0.3) is 10.2 Å². The standard InChI is InChI=1S/C28H24N2O4S2/c1-33-23-16-12-21(13-17-23)28(20-8-4-3-5-9-20,22-14-18-24(34-2)19-15-22)30-36(31,32)27-29-25-10-6-7-11-26(25)35-27/h3-19,30H,1-2H3. The SMILES string of the molecule is COc1ccc(C(NS(=O)(=O)c2nc3ccccc3s2)(c2ccccc2)c2ccc(OC)cc2)cc1. The molecule has 182 valence electrons. The fourth-order valence-corrected chi connectivity index (χ4v) is 6.85. The van der Waals surface area contributed by atoms with Crippen LogP contribution in [0.1, 0.15) is 16.7 Å². The second-order valence-corrected chi connectivity index (χ2v) is 11.0. The summed E-state index contributed by atoms with van der Waals surface area (Å²) in [5.41, 5.74) is 1.59. The first-order chi connectivity index (χ1) is 17.5. The zero-order valence-corrected chi connectivity index (χ0v) is 21.3. The van der Waals surface area contributed by atoms with Crippen molar-refractivity contribution in [2.45, 2.75) is 9.88 Å². The van der Waals surface area contributed by atoms with Crippen molar-refractivity contribution in [3.05, 3.63) is 120 Å². The second-order valence-electron chi connectivity index (χ2n) is 8.13. The van der Waals surface area contributed by atoms with Gasteiger partial charge in [0.25, 0.3) is 10.0 Å². The summed E-state index contributed by atoms with van der Waals surface area (Å²) < 4.78 is 42.5. The quantitative estimate of drug-likeness (QED) is 0.272. The van der Waals surface area contributed by atoms with Crippen molar-refractivity contribution >= 4 is 31.6 Å². The molecule has 0 unspecified atom stereocenters. The van der Waals surface area contributed by atoms with Crippen LogP contribution in [0.3, 0.4) is 0 Å². The van der Waals surface area contributed by atoms with Crippen molar-refractivity contribution in [3.8, 4) is 11.5 Å². The number of benzene rings is 4. The molecule has 0 fully saturated rings. The molecule has 0 spiro atoms. The third-order valence-corrected chi connectivity index (χ3v) is 8.91. The van der Waals surface area contributed by atoms with E-state index >= 15 is 0 Å². The molecule has 6 nitrogen and oxygen atoms in total. The number of methoxy groups -OCH3 is 2. The Labute approximate surface area is 214 Å². The molecule has 8 heteroatoms. The molecule has 0 aliphatic rings. The van der Waals surface area contributed by atoms with Gasteiger partial charge in [-0.2, -0.15) is 4.72 Å². The van der Waals surface area contributed by atoms with E-state index in [1.54, 1.807) is 14.2 Å². The summed E-state index contributed by atoms with van der Waals surface area (Å²) in [6.07, 6.45) is 0. The molecule has 1 heterocycles. The number of thiazole rings is 1. The number of hydrogen-bond donors (Lipinski definition) is 1. The zero-order chi connectivity index (χ0) is 25.2. The number of ether oxygens (including phenoxy) is 2. The Hall–Kier alpha value is -3.72. The summed E-state index contributed by atoms with van der Waals surface area (Å²) in [5, 5.41) is 0. The van der Waals surface area contributed by atoms with Crippen LogP contribution in [0.15, 0.2) is 107 Å². The van der Waals surface area contributed by atoms with Crippen LogP contribution in [-0.4, -0.2) is 27.6 Å². The highest BCUT2D eigenvalue weighted by Crippen LogP contribution is 2.40. The van der Waals surface area contributed by atoms with Crippen molar-refractivity contribution in [2.24, 2.45) is 0 Å². The first-order valence-electron chi connectivity index (χ1n) is 11.2. The number of sulfonamides is 1. The molecule has 0 amide bonds. The maximum Gasteiger partial charge on any atom is 0.269 e. The number of nitrogens with zero attached hydrogens (tertiary/aromatic N) is 1. The summed E-state index contributed by atoms with van der Waals surface area (Å²) in [6.45, 7) is 0. The molecule has 1 aromatic heterocycles. The summed E-state index contributed by atoms with van der Waals surface area (Å²) in [6, 6.07) is 31.7. The highest BCUT2D eigenvalue weighted by molar-refractivity contribution is 7.91. The van der Waals surface area contributed by atoms with Gasteiger partial charge in [-0.3, -0.25) is 0 Å². The lowest BCUT2D eigenvalue weighted by molar-refractivity contribution is 0.413. The molecule has 4 aromatic carbocycles. The van der Waals surface area contributed by atoms with Gasteiger partial charge in [0.2, 0.25) is 4.34 Å². The molecule has 0 radical (unpaired) electrons. The van der Waals surface area contributed by atoms with E-state index < -0.39 is 15.6 Å². The lowest BCUT2D eigenvalue weighted by Crippen LogP contribution is -2.47. The van der Waals surface area contributed by atoms with Crippen LogP contribution < -0.4 is 14.2 Å². The largest absolute Gasteiger partial charge is 0.497 e. The highest BCUT2D eigenvalue weighted by atomic mass is 32.2. The number of rotatable bonds is 8. The molecule has 36 heavy (non-hydrogen) atoms. The van der Waals surface area contributed by atoms with Gasteiger partial charge in [-0.25, -0.2) is 13.4 Å². The van der Waals surface area contributed by atoms with Crippen LogP contribution in [-0.2, 0) is 15.6 Å². The molecule has 0 atom stereocenters. The molecular weight excluding hydrogens is 492 g/mol. The Morgan fingerprint density at radius 3 is 1.72 bits per heavy atom. The molecule has 1 N–H and O–H groups in total. The van der Waals surface area contributed by atoms with Crippen LogP contribution >= 0.6 is 11.3 Å². The number of aromatic nitrogens is 1. The third kappa shape index (κ3) is 4.35.